The lowest BCUT2D eigenvalue weighted by Crippen LogP contribution is -2.47. The molecule has 8 unspecified atom stereocenters. The summed E-state index contributed by atoms with van der Waals surface area (Å²) in [4.78, 5) is 24.5. The summed E-state index contributed by atoms with van der Waals surface area (Å²) in [5.41, 5.74) is 13.0. The lowest BCUT2D eigenvalue weighted by molar-refractivity contribution is -0.122. The number of carbonyl (C=O) groups is 1. The standard InChI is InChI=1S/C46H48N4O7/c1-26-4-7-33(40(54)18-26)41(55)21-29(51)6-5-27-20-43-42(22-39(27)53)56-17-15-46(13-2-3-14-46)36-10-11-38(52)31-8-9-32-30(12-16-48-44(32)47)34(31)19-28-23-49-37-25-50(24-35(28)37)45(36)57-43/h4,7-9,16,20,22-23,25-26,33,36,38,40-41,44-45,52-55H,2-3,5-6,12-14,18-19,21,24,47H2,1H3. The molecule has 7 aliphatic rings. The molecule has 1 saturated carbocycles. The normalized spacial score (nSPS) is 29.2. The van der Waals surface area contributed by atoms with Gasteiger partial charge in [-0.05, 0) is 71.1 Å². The van der Waals surface area contributed by atoms with E-state index in [9.17, 15) is 25.2 Å². The number of benzene rings is 2. The maximum absolute atomic E-state index is 13.1. The van der Waals surface area contributed by atoms with Gasteiger partial charge in [-0.2, -0.15) is 0 Å². The molecule has 5 aliphatic heterocycles. The van der Waals surface area contributed by atoms with Crippen molar-refractivity contribution >= 4 is 18.2 Å². The molecule has 1 spiro atoms. The van der Waals surface area contributed by atoms with Gasteiger partial charge in [-0.1, -0.05) is 61.8 Å². The van der Waals surface area contributed by atoms with Gasteiger partial charge < -0.3 is 40.5 Å². The molecule has 0 amide bonds. The van der Waals surface area contributed by atoms with Crippen molar-refractivity contribution in [1.82, 2.24) is 4.90 Å². The van der Waals surface area contributed by atoms with Crippen LogP contribution in [0, 0.1) is 47.0 Å². The molecule has 294 valence electrons. The number of aliphatic hydroxyl groups is 3. The molecule has 5 heterocycles. The SMILES string of the molecule is CC1C=CC(C(O)CC(=O)CCc2cc3c(cc2O)OC#CC2(CCCC2)C2C#CC(O)c4ccc5c(c4CC4=C6CN(C=C6N=C4)C2O3)CC=NC5N)C(O)C1. The largest absolute Gasteiger partial charge is 0.508 e. The molecule has 2 aromatic carbocycles. The minimum Gasteiger partial charge on any atom is -0.508 e. The van der Waals surface area contributed by atoms with E-state index in [1.165, 1.54) is 6.07 Å². The predicted octanol–water partition coefficient (Wildman–Crippen LogP) is 4.87. The van der Waals surface area contributed by atoms with Crippen molar-refractivity contribution in [1.29, 1.82) is 0 Å². The van der Waals surface area contributed by atoms with Crippen LogP contribution in [0.4, 0.5) is 0 Å². The van der Waals surface area contributed by atoms with Crippen LogP contribution in [0.1, 0.15) is 92.0 Å². The fraction of sp³-hybridized carbons (Fsp3) is 0.457. The van der Waals surface area contributed by atoms with Crippen LogP contribution in [-0.2, 0) is 24.1 Å². The third-order valence-corrected chi connectivity index (χ3v) is 12.9. The maximum Gasteiger partial charge on any atom is 0.187 e. The zero-order valence-corrected chi connectivity index (χ0v) is 32.0. The first kappa shape index (κ1) is 37.4. The number of aliphatic hydroxyl groups excluding tert-OH is 3. The number of aryl methyl sites for hydroxylation is 1. The Labute approximate surface area is 332 Å². The van der Waals surface area contributed by atoms with E-state index < -0.39 is 48.0 Å². The van der Waals surface area contributed by atoms with Gasteiger partial charge in [-0.25, -0.2) is 0 Å². The first-order valence-electron chi connectivity index (χ1n) is 20.2. The highest BCUT2D eigenvalue weighted by Crippen LogP contribution is 2.50. The number of hydrogen-bond acceptors (Lipinski definition) is 11. The Bertz CT molecular complexity index is 2280. The van der Waals surface area contributed by atoms with Crippen molar-refractivity contribution in [3.05, 3.63) is 87.3 Å². The van der Waals surface area contributed by atoms with Crippen molar-refractivity contribution in [2.24, 2.45) is 38.9 Å². The van der Waals surface area contributed by atoms with Gasteiger partial charge in [0.05, 0.1) is 29.2 Å². The summed E-state index contributed by atoms with van der Waals surface area (Å²) in [6.07, 6.45) is 13.9. The Morgan fingerprint density at radius 3 is 2.75 bits per heavy atom. The molecule has 1 fully saturated rings. The van der Waals surface area contributed by atoms with Crippen LogP contribution < -0.4 is 15.2 Å². The number of hydrogen-bond donors (Lipinski definition) is 5. The van der Waals surface area contributed by atoms with Gasteiger partial charge in [0.25, 0.3) is 0 Å². The molecule has 57 heavy (non-hydrogen) atoms. The number of aliphatic imine (C=N–C) groups is 2. The van der Waals surface area contributed by atoms with Crippen LogP contribution >= 0.6 is 0 Å². The monoisotopic (exact) mass is 768 g/mol. The summed E-state index contributed by atoms with van der Waals surface area (Å²) in [5.74, 6) is 9.82. The van der Waals surface area contributed by atoms with Crippen LogP contribution in [-0.4, -0.2) is 68.5 Å². The molecule has 11 heteroatoms. The number of aromatic hydroxyl groups is 1. The van der Waals surface area contributed by atoms with E-state index in [1.807, 2.05) is 43.8 Å². The fourth-order valence-electron chi connectivity index (χ4n) is 9.75. The number of phenolic OH excluding ortho intramolecular Hbond substituents is 1. The number of nitrogens with two attached hydrogens (primary N) is 1. The minimum atomic E-state index is -1.09. The number of rotatable bonds is 6. The highest BCUT2D eigenvalue weighted by Gasteiger charge is 2.48. The highest BCUT2D eigenvalue weighted by molar-refractivity contribution is 5.88. The summed E-state index contributed by atoms with van der Waals surface area (Å²) >= 11 is 0. The van der Waals surface area contributed by atoms with Crippen LogP contribution in [0.3, 0.4) is 0 Å². The molecule has 0 aromatic heterocycles. The number of ether oxygens (including phenoxy) is 2. The zero-order valence-electron chi connectivity index (χ0n) is 32.0. The molecule has 8 atom stereocenters. The number of carbonyl (C=O) groups excluding carboxylic acids is 1. The van der Waals surface area contributed by atoms with Crippen molar-refractivity contribution < 1.29 is 34.7 Å². The Kier molecular flexibility index (Phi) is 9.82. The molecule has 11 nitrogen and oxygen atoms in total. The van der Waals surface area contributed by atoms with E-state index in [1.54, 1.807) is 12.1 Å². The van der Waals surface area contributed by atoms with E-state index >= 15 is 0 Å². The second-order valence-corrected chi connectivity index (χ2v) is 16.7. The van der Waals surface area contributed by atoms with E-state index in [0.717, 1.165) is 64.8 Å². The van der Waals surface area contributed by atoms with Crippen LogP contribution in [0.25, 0.3) is 0 Å². The number of phenols is 1. The molecule has 2 bridgehead atoms. The molecule has 6 N–H and O–H groups in total. The number of allylic oxidation sites excluding steroid dienone is 2. The third-order valence-electron chi connectivity index (χ3n) is 12.9. The van der Waals surface area contributed by atoms with Crippen molar-refractivity contribution in [3.8, 4) is 41.1 Å². The topological polar surface area (TPSA) is 170 Å². The number of fused-ring (bicyclic) bond motifs is 8. The van der Waals surface area contributed by atoms with Crippen LogP contribution in [0.2, 0.25) is 0 Å². The first-order chi connectivity index (χ1) is 27.6. The van der Waals surface area contributed by atoms with Crippen LogP contribution in [0.15, 0.2) is 69.4 Å². The van der Waals surface area contributed by atoms with Gasteiger partial charge in [0.15, 0.2) is 17.7 Å². The van der Waals surface area contributed by atoms with Gasteiger partial charge in [-0.3, -0.25) is 14.8 Å². The Balaban J connectivity index is 1.06. The smallest absolute Gasteiger partial charge is 0.187 e. The molecule has 2 aromatic rings. The lowest BCUT2D eigenvalue weighted by Gasteiger charge is -2.39. The molecule has 0 radical (unpaired) electrons. The summed E-state index contributed by atoms with van der Waals surface area (Å²) in [6.45, 7) is 2.53. The van der Waals surface area contributed by atoms with E-state index in [0.29, 0.717) is 37.1 Å². The zero-order chi connectivity index (χ0) is 39.4. The summed E-state index contributed by atoms with van der Waals surface area (Å²) in [7, 11) is 0. The van der Waals surface area contributed by atoms with Crippen molar-refractivity contribution in [2.45, 2.75) is 102 Å². The van der Waals surface area contributed by atoms with Gasteiger partial charge >= 0.3 is 0 Å². The highest BCUT2D eigenvalue weighted by atomic mass is 16.5. The summed E-state index contributed by atoms with van der Waals surface area (Å²) in [5, 5.41) is 44.4. The quantitative estimate of drug-likeness (QED) is 0.203. The Morgan fingerprint density at radius 1 is 1.11 bits per heavy atom. The summed E-state index contributed by atoms with van der Waals surface area (Å²) in [6, 6.07) is 7.07. The van der Waals surface area contributed by atoms with Crippen LogP contribution in [0.5, 0.6) is 17.2 Å². The second-order valence-electron chi connectivity index (χ2n) is 16.7. The fourth-order valence-corrected chi connectivity index (χ4v) is 9.75. The van der Waals surface area contributed by atoms with Crippen molar-refractivity contribution in [2.75, 3.05) is 6.54 Å². The molecular formula is C46H48N4O7. The second kappa shape index (κ2) is 15.0. The van der Waals surface area contributed by atoms with E-state index in [2.05, 4.69) is 33.8 Å². The number of ketones is 1. The minimum absolute atomic E-state index is 0.0601. The molecule has 9 rings (SSSR count). The maximum atomic E-state index is 13.1. The third kappa shape index (κ3) is 6.97. The van der Waals surface area contributed by atoms with Gasteiger partial charge in [0.2, 0.25) is 0 Å². The molecular weight excluding hydrogens is 721 g/mol. The Hall–Kier alpha value is -5.17. The van der Waals surface area contributed by atoms with E-state index in [4.69, 9.17) is 20.2 Å². The van der Waals surface area contributed by atoms with Gasteiger partial charge in [-0.15, -0.1) is 0 Å². The molecule has 2 aliphatic carbocycles. The van der Waals surface area contributed by atoms with Crippen molar-refractivity contribution in [3.63, 3.8) is 0 Å². The summed E-state index contributed by atoms with van der Waals surface area (Å²) < 4.78 is 13.1. The van der Waals surface area contributed by atoms with Gasteiger partial charge in [0, 0.05) is 68.4 Å². The van der Waals surface area contributed by atoms with Gasteiger partial charge in [0.1, 0.15) is 29.9 Å². The Morgan fingerprint density at radius 2 is 1.93 bits per heavy atom. The predicted molar refractivity (Wildman–Crippen MR) is 214 cm³/mol. The number of Topliss-reactive ketones (excluding diaryl/α,β-unsaturated/α-hetero) is 1. The van der Waals surface area contributed by atoms with E-state index in [-0.39, 0.29) is 42.5 Å². The molecule has 0 saturated heterocycles. The lowest BCUT2D eigenvalue weighted by atomic mass is 9.73. The average molecular weight is 769 g/mol. The average Bonchev–Trinajstić information content (AvgIpc) is 3.93. The number of nitrogens with zero attached hydrogens (tertiary/aromatic N) is 3. The first-order valence-corrected chi connectivity index (χ1v) is 20.2.